The fourth-order valence-corrected chi connectivity index (χ4v) is 2.84. The highest BCUT2D eigenvalue weighted by molar-refractivity contribution is 6.41. The van der Waals surface area contributed by atoms with Gasteiger partial charge in [0.25, 0.3) is 5.91 Å². The number of rotatable bonds is 6. The molecule has 1 amide bonds. The molecule has 0 aromatic heterocycles. The lowest BCUT2D eigenvalue weighted by Gasteiger charge is -2.11. The highest BCUT2D eigenvalue weighted by Crippen LogP contribution is 2.33. The zero-order chi connectivity index (χ0) is 18.4. The quantitative estimate of drug-likeness (QED) is 0.538. The number of hydrazine groups is 1. The maximum Gasteiger partial charge on any atom is 0.262 e. The van der Waals surface area contributed by atoms with E-state index in [0.29, 0.717) is 32.3 Å². The largest absolute Gasteiger partial charge is 0.497 e. The van der Waals surface area contributed by atoms with Crippen molar-refractivity contribution in [3.05, 3.63) is 57.0 Å². The molecule has 2 aromatic rings. The zero-order valence-corrected chi connectivity index (χ0v) is 15.7. The molecule has 0 radical (unpaired) electrons. The van der Waals surface area contributed by atoms with Gasteiger partial charge in [-0.1, -0.05) is 34.8 Å². The summed E-state index contributed by atoms with van der Waals surface area (Å²) in [5, 5.41) is 0.984. The smallest absolute Gasteiger partial charge is 0.262 e. The summed E-state index contributed by atoms with van der Waals surface area (Å²) in [6.07, 6.45) is 2.96. The fraction of sp³-hybridized carbons (Fsp3) is 0.118. The molecule has 0 bridgehead atoms. The van der Waals surface area contributed by atoms with Crippen molar-refractivity contribution in [2.45, 2.75) is 0 Å². The second kappa shape index (κ2) is 8.85. The number of carbonyl (C=O) groups is 1. The van der Waals surface area contributed by atoms with Crippen LogP contribution in [0.3, 0.4) is 0 Å². The molecule has 5 nitrogen and oxygen atoms in total. The SMILES string of the molecule is COc1cc(/C=C/C(=O)NNc2c(Cl)cc(Cl)cc2Cl)cc(OC)c1. The Balaban J connectivity index is 2.04. The number of carbonyl (C=O) groups excluding carboxylic acids is 1. The number of halogens is 3. The lowest BCUT2D eigenvalue weighted by molar-refractivity contribution is -0.115. The molecule has 2 rings (SSSR count). The first-order valence-corrected chi connectivity index (χ1v) is 8.18. The third kappa shape index (κ3) is 5.46. The Morgan fingerprint density at radius 1 is 0.960 bits per heavy atom. The highest BCUT2D eigenvalue weighted by atomic mass is 35.5. The van der Waals surface area contributed by atoms with Crippen LogP contribution >= 0.6 is 34.8 Å². The minimum Gasteiger partial charge on any atom is -0.497 e. The van der Waals surface area contributed by atoms with E-state index >= 15 is 0 Å². The van der Waals surface area contributed by atoms with Crippen molar-refractivity contribution in [1.29, 1.82) is 0 Å². The first kappa shape index (κ1) is 19.2. The van der Waals surface area contributed by atoms with Gasteiger partial charge in [0, 0.05) is 17.2 Å². The number of amides is 1. The Labute approximate surface area is 160 Å². The monoisotopic (exact) mass is 400 g/mol. The van der Waals surface area contributed by atoms with Crippen LogP contribution in [0.25, 0.3) is 6.08 Å². The molecular weight excluding hydrogens is 387 g/mol. The van der Waals surface area contributed by atoms with Gasteiger partial charge in [-0.2, -0.15) is 0 Å². The second-order valence-electron chi connectivity index (χ2n) is 4.84. The van der Waals surface area contributed by atoms with E-state index in [1.54, 1.807) is 38.5 Å². The molecule has 0 aliphatic carbocycles. The van der Waals surface area contributed by atoms with Crippen LogP contribution in [-0.4, -0.2) is 20.1 Å². The Kier molecular flexibility index (Phi) is 6.82. The number of hydrogen-bond donors (Lipinski definition) is 2. The minimum atomic E-state index is -0.399. The maximum atomic E-state index is 12.0. The van der Waals surface area contributed by atoms with E-state index in [1.165, 1.54) is 18.2 Å². The average Bonchev–Trinajstić information content (AvgIpc) is 2.58. The average molecular weight is 402 g/mol. The maximum absolute atomic E-state index is 12.0. The highest BCUT2D eigenvalue weighted by Gasteiger charge is 2.08. The van der Waals surface area contributed by atoms with Gasteiger partial charge in [0.2, 0.25) is 0 Å². The van der Waals surface area contributed by atoms with Crippen molar-refractivity contribution in [1.82, 2.24) is 5.43 Å². The standard InChI is InChI=1S/C17H15Cl3N2O3/c1-24-12-5-10(6-13(9-12)25-2)3-4-16(23)21-22-17-14(19)7-11(18)8-15(17)20/h3-9,22H,1-2H3,(H,21,23)/b4-3+. The van der Waals surface area contributed by atoms with Crippen molar-refractivity contribution >= 4 is 52.5 Å². The molecule has 8 heteroatoms. The first-order valence-electron chi connectivity index (χ1n) is 7.04. The summed E-state index contributed by atoms with van der Waals surface area (Å²) in [4.78, 5) is 12.0. The molecule has 132 valence electrons. The van der Waals surface area contributed by atoms with Gasteiger partial charge in [0.15, 0.2) is 0 Å². The van der Waals surface area contributed by atoms with Gasteiger partial charge in [-0.3, -0.25) is 15.6 Å². The van der Waals surface area contributed by atoms with Crippen LogP contribution in [0.4, 0.5) is 5.69 Å². The van der Waals surface area contributed by atoms with Gasteiger partial charge in [-0.25, -0.2) is 0 Å². The predicted octanol–water partition coefficient (Wildman–Crippen LogP) is 4.82. The molecular formula is C17H15Cl3N2O3. The summed E-state index contributed by atoms with van der Waals surface area (Å²) >= 11 is 17.9. The lowest BCUT2D eigenvalue weighted by atomic mass is 10.2. The summed E-state index contributed by atoms with van der Waals surface area (Å²) in [5.41, 5.74) is 6.25. The number of ether oxygens (including phenoxy) is 2. The third-order valence-corrected chi connectivity index (χ3v) is 3.93. The minimum absolute atomic E-state index is 0.291. The molecule has 0 saturated carbocycles. The van der Waals surface area contributed by atoms with Crippen LogP contribution in [0.15, 0.2) is 36.4 Å². The van der Waals surface area contributed by atoms with Crippen LogP contribution in [-0.2, 0) is 4.79 Å². The fourth-order valence-electron chi connectivity index (χ4n) is 1.92. The van der Waals surface area contributed by atoms with Crippen molar-refractivity contribution in [2.75, 3.05) is 19.6 Å². The van der Waals surface area contributed by atoms with Gasteiger partial charge in [0.05, 0.1) is 30.0 Å². The summed E-state index contributed by atoms with van der Waals surface area (Å²) in [7, 11) is 3.11. The number of methoxy groups -OCH3 is 2. The Bertz CT molecular complexity index is 764. The van der Waals surface area contributed by atoms with E-state index in [1.807, 2.05) is 0 Å². The molecule has 2 aromatic carbocycles. The normalized spacial score (nSPS) is 10.6. The number of benzene rings is 2. The molecule has 0 heterocycles. The summed E-state index contributed by atoms with van der Waals surface area (Å²) in [5.74, 6) is 0.846. The van der Waals surface area contributed by atoms with Crippen molar-refractivity contribution in [2.24, 2.45) is 0 Å². The number of anilines is 1. The van der Waals surface area contributed by atoms with Crippen molar-refractivity contribution < 1.29 is 14.3 Å². The predicted molar refractivity (Wildman–Crippen MR) is 102 cm³/mol. The molecule has 25 heavy (non-hydrogen) atoms. The molecule has 0 unspecified atom stereocenters. The van der Waals surface area contributed by atoms with Crippen LogP contribution in [0.5, 0.6) is 11.5 Å². The van der Waals surface area contributed by atoms with Crippen LogP contribution in [0.1, 0.15) is 5.56 Å². The second-order valence-corrected chi connectivity index (χ2v) is 6.09. The van der Waals surface area contributed by atoms with Crippen molar-refractivity contribution in [3.63, 3.8) is 0 Å². The molecule has 0 aliphatic rings. The van der Waals surface area contributed by atoms with E-state index < -0.39 is 5.91 Å². The van der Waals surface area contributed by atoms with Gasteiger partial charge < -0.3 is 9.47 Å². The Hall–Kier alpha value is -2.08. The van der Waals surface area contributed by atoms with E-state index in [-0.39, 0.29) is 0 Å². The number of hydrogen-bond acceptors (Lipinski definition) is 4. The van der Waals surface area contributed by atoms with Gasteiger partial charge in [-0.15, -0.1) is 0 Å². The molecule has 0 fully saturated rings. The first-order chi connectivity index (χ1) is 11.9. The van der Waals surface area contributed by atoms with Crippen molar-refractivity contribution in [3.8, 4) is 11.5 Å². The molecule has 0 saturated heterocycles. The van der Waals surface area contributed by atoms with E-state index in [2.05, 4.69) is 10.9 Å². The van der Waals surface area contributed by atoms with E-state index in [0.717, 1.165) is 5.56 Å². The summed E-state index contributed by atoms with van der Waals surface area (Å²) < 4.78 is 10.4. The van der Waals surface area contributed by atoms with Crippen LogP contribution in [0, 0.1) is 0 Å². The molecule has 0 atom stereocenters. The van der Waals surface area contributed by atoms with Crippen LogP contribution in [0.2, 0.25) is 15.1 Å². The summed E-state index contributed by atoms with van der Waals surface area (Å²) in [6, 6.07) is 8.31. The topological polar surface area (TPSA) is 59.6 Å². The van der Waals surface area contributed by atoms with E-state index in [4.69, 9.17) is 44.3 Å². The number of nitrogens with one attached hydrogen (secondary N) is 2. The lowest BCUT2D eigenvalue weighted by Crippen LogP contribution is -2.27. The van der Waals surface area contributed by atoms with Crippen LogP contribution < -0.4 is 20.3 Å². The molecule has 2 N–H and O–H groups in total. The van der Waals surface area contributed by atoms with Gasteiger partial charge >= 0.3 is 0 Å². The van der Waals surface area contributed by atoms with Gasteiger partial charge in [0.1, 0.15) is 11.5 Å². The molecule has 0 aliphatic heterocycles. The summed E-state index contributed by atoms with van der Waals surface area (Å²) in [6.45, 7) is 0. The zero-order valence-electron chi connectivity index (χ0n) is 13.4. The van der Waals surface area contributed by atoms with Gasteiger partial charge in [-0.05, 0) is 35.9 Å². The third-order valence-electron chi connectivity index (χ3n) is 3.12. The Morgan fingerprint density at radius 3 is 2.04 bits per heavy atom. The Morgan fingerprint density at radius 2 is 1.52 bits per heavy atom. The van der Waals surface area contributed by atoms with E-state index in [9.17, 15) is 4.79 Å². The molecule has 0 spiro atoms.